The van der Waals surface area contributed by atoms with Crippen LogP contribution in [-0.4, -0.2) is 48.8 Å². The number of methoxy groups -OCH3 is 1. The van der Waals surface area contributed by atoms with E-state index in [1.165, 1.54) is 5.56 Å². The number of amides is 2. The first-order chi connectivity index (χ1) is 11.1. The summed E-state index contributed by atoms with van der Waals surface area (Å²) in [6, 6.07) is 7.96. The SMILES string of the molecule is COc1ccc(CC2CCN(C(=O)NCCC(=O)O)CC2)cc1. The highest BCUT2D eigenvalue weighted by Gasteiger charge is 2.22. The van der Waals surface area contributed by atoms with E-state index in [9.17, 15) is 9.59 Å². The number of aliphatic carboxylic acids is 1. The van der Waals surface area contributed by atoms with Crippen molar-refractivity contribution in [3.05, 3.63) is 29.8 Å². The Kier molecular flexibility index (Phi) is 6.26. The molecule has 1 aliphatic heterocycles. The maximum atomic E-state index is 11.9. The van der Waals surface area contributed by atoms with E-state index in [0.29, 0.717) is 5.92 Å². The van der Waals surface area contributed by atoms with Gasteiger partial charge < -0.3 is 20.1 Å². The van der Waals surface area contributed by atoms with Crippen molar-refractivity contribution >= 4 is 12.0 Å². The van der Waals surface area contributed by atoms with Gasteiger partial charge in [0.15, 0.2) is 0 Å². The molecule has 0 atom stereocenters. The summed E-state index contributed by atoms with van der Waals surface area (Å²) in [5.74, 6) is 0.538. The number of nitrogens with one attached hydrogen (secondary N) is 1. The molecular weight excluding hydrogens is 296 g/mol. The van der Waals surface area contributed by atoms with Crippen molar-refractivity contribution in [2.24, 2.45) is 5.92 Å². The van der Waals surface area contributed by atoms with Crippen molar-refractivity contribution in [1.29, 1.82) is 0 Å². The first-order valence-corrected chi connectivity index (χ1v) is 7.96. The number of urea groups is 1. The van der Waals surface area contributed by atoms with Gasteiger partial charge in [0.05, 0.1) is 13.5 Å². The van der Waals surface area contributed by atoms with E-state index in [2.05, 4.69) is 17.4 Å². The van der Waals surface area contributed by atoms with Gasteiger partial charge in [0.25, 0.3) is 0 Å². The van der Waals surface area contributed by atoms with Crippen LogP contribution in [0.15, 0.2) is 24.3 Å². The van der Waals surface area contributed by atoms with Crippen LogP contribution in [0.1, 0.15) is 24.8 Å². The molecule has 0 spiro atoms. The number of rotatable bonds is 6. The zero-order chi connectivity index (χ0) is 16.7. The highest BCUT2D eigenvalue weighted by Crippen LogP contribution is 2.22. The molecule has 0 radical (unpaired) electrons. The third kappa shape index (κ3) is 5.47. The average molecular weight is 320 g/mol. The minimum absolute atomic E-state index is 0.0420. The zero-order valence-electron chi connectivity index (χ0n) is 13.5. The van der Waals surface area contributed by atoms with Crippen molar-refractivity contribution in [3.8, 4) is 5.75 Å². The highest BCUT2D eigenvalue weighted by molar-refractivity contribution is 5.75. The van der Waals surface area contributed by atoms with Gasteiger partial charge in [0.1, 0.15) is 5.75 Å². The molecule has 1 aromatic carbocycles. The maximum absolute atomic E-state index is 11.9. The third-order valence-electron chi connectivity index (χ3n) is 4.20. The first kappa shape index (κ1) is 17.1. The van der Waals surface area contributed by atoms with Crippen molar-refractivity contribution < 1.29 is 19.4 Å². The summed E-state index contributed by atoms with van der Waals surface area (Å²) in [5, 5.41) is 11.2. The van der Waals surface area contributed by atoms with E-state index < -0.39 is 5.97 Å². The van der Waals surface area contributed by atoms with Crippen LogP contribution >= 0.6 is 0 Å². The summed E-state index contributed by atoms with van der Waals surface area (Å²) in [6.45, 7) is 1.62. The Balaban J connectivity index is 1.72. The van der Waals surface area contributed by atoms with Gasteiger partial charge in [-0.25, -0.2) is 4.79 Å². The fourth-order valence-corrected chi connectivity index (χ4v) is 2.82. The van der Waals surface area contributed by atoms with Gasteiger partial charge in [-0.15, -0.1) is 0 Å². The second-order valence-electron chi connectivity index (χ2n) is 5.86. The van der Waals surface area contributed by atoms with Gasteiger partial charge in [-0.05, 0) is 42.9 Å². The average Bonchev–Trinajstić information content (AvgIpc) is 2.56. The lowest BCUT2D eigenvalue weighted by atomic mass is 9.90. The molecule has 0 bridgehead atoms. The third-order valence-corrected chi connectivity index (χ3v) is 4.20. The smallest absolute Gasteiger partial charge is 0.317 e. The van der Waals surface area contributed by atoms with Gasteiger partial charge in [-0.2, -0.15) is 0 Å². The van der Waals surface area contributed by atoms with Crippen LogP contribution in [0.3, 0.4) is 0 Å². The second-order valence-corrected chi connectivity index (χ2v) is 5.86. The minimum atomic E-state index is -0.900. The van der Waals surface area contributed by atoms with Crippen molar-refractivity contribution in [1.82, 2.24) is 10.2 Å². The van der Waals surface area contributed by atoms with Gasteiger partial charge in [0.2, 0.25) is 0 Å². The number of carbonyl (C=O) groups excluding carboxylic acids is 1. The molecule has 2 N–H and O–H groups in total. The molecular formula is C17H24N2O4. The lowest BCUT2D eigenvalue weighted by Crippen LogP contribution is -2.45. The predicted molar refractivity (Wildman–Crippen MR) is 86.6 cm³/mol. The van der Waals surface area contributed by atoms with E-state index in [1.807, 2.05) is 12.1 Å². The van der Waals surface area contributed by atoms with Crippen molar-refractivity contribution in [2.75, 3.05) is 26.7 Å². The van der Waals surface area contributed by atoms with Crippen LogP contribution < -0.4 is 10.1 Å². The number of carbonyl (C=O) groups is 2. The quantitative estimate of drug-likeness (QED) is 0.841. The standard InChI is InChI=1S/C17H24N2O4/c1-23-15-4-2-13(3-5-15)12-14-7-10-19(11-8-14)17(22)18-9-6-16(20)21/h2-5,14H,6-12H2,1H3,(H,18,22)(H,20,21). The maximum Gasteiger partial charge on any atom is 0.317 e. The van der Waals surface area contributed by atoms with E-state index in [0.717, 1.165) is 38.1 Å². The van der Waals surface area contributed by atoms with Crippen LogP contribution in [0.4, 0.5) is 4.79 Å². The molecule has 6 heteroatoms. The number of ether oxygens (including phenoxy) is 1. The number of carboxylic acid groups (broad SMARTS) is 1. The Labute approximate surface area is 136 Å². The van der Waals surface area contributed by atoms with E-state index in [1.54, 1.807) is 12.0 Å². The summed E-state index contributed by atoms with van der Waals surface area (Å²) in [6.07, 6.45) is 2.91. The molecule has 2 rings (SSSR count). The number of benzene rings is 1. The molecule has 1 aliphatic rings. The molecule has 1 saturated heterocycles. The normalized spacial score (nSPS) is 15.3. The molecule has 2 amide bonds. The highest BCUT2D eigenvalue weighted by atomic mass is 16.5. The van der Waals surface area contributed by atoms with Gasteiger partial charge in [0, 0.05) is 19.6 Å². The lowest BCUT2D eigenvalue weighted by molar-refractivity contribution is -0.136. The van der Waals surface area contributed by atoms with Crippen molar-refractivity contribution in [2.45, 2.75) is 25.7 Å². The van der Waals surface area contributed by atoms with Crippen LogP contribution in [0.25, 0.3) is 0 Å². The number of hydrogen-bond donors (Lipinski definition) is 2. The second kappa shape index (κ2) is 8.41. The van der Waals surface area contributed by atoms with Crippen LogP contribution in [-0.2, 0) is 11.2 Å². The Morgan fingerprint density at radius 2 is 1.91 bits per heavy atom. The van der Waals surface area contributed by atoms with Crippen molar-refractivity contribution in [3.63, 3.8) is 0 Å². The summed E-state index contributed by atoms with van der Waals surface area (Å²) >= 11 is 0. The van der Waals surface area contributed by atoms with Crippen LogP contribution in [0.2, 0.25) is 0 Å². The molecule has 126 valence electrons. The lowest BCUT2D eigenvalue weighted by Gasteiger charge is -2.32. The number of piperidine rings is 1. The van der Waals surface area contributed by atoms with E-state index >= 15 is 0 Å². The Morgan fingerprint density at radius 3 is 2.48 bits per heavy atom. The summed E-state index contributed by atoms with van der Waals surface area (Å²) in [4.78, 5) is 24.1. The first-order valence-electron chi connectivity index (χ1n) is 7.96. The van der Waals surface area contributed by atoms with E-state index in [-0.39, 0.29) is 19.0 Å². The Bertz CT molecular complexity index is 522. The molecule has 0 aliphatic carbocycles. The predicted octanol–water partition coefficient (Wildman–Crippen LogP) is 2.13. The molecule has 23 heavy (non-hydrogen) atoms. The molecule has 1 aromatic rings. The number of carboxylic acids is 1. The minimum Gasteiger partial charge on any atom is -0.497 e. The summed E-state index contributed by atoms with van der Waals surface area (Å²) in [7, 11) is 1.66. The molecule has 6 nitrogen and oxygen atoms in total. The topological polar surface area (TPSA) is 78.9 Å². The number of likely N-dealkylation sites (tertiary alicyclic amines) is 1. The fraction of sp³-hybridized carbons (Fsp3) is 0.529. The van der Waals surface area contributed by atoms with Crippen LogP contribution in [0.5, 0.6) is 5.75 Å². The Hall–Kier alpha value is -2.24. The monoisotopic (exact) mass is 320 g/mol. The Morgan fingerprint density at radius 1 is 1.26 bits per heavy atom. The zero-order valence-corrected chi connectivity index (χ0v) is 13.5. The van der Waals surface area contributed by atoms with Gasteiger partial charge in [-0.1, -0.05) is 12.1 Å². The van der Waals surface area contributed by atoms with Gasteiger partial charge >= 0.3 is 12.0 Å². The van der Waals surface area contributed by atoms with Crippen LogP contribution in [0, 0.1) is 5.92 Å². The molecule has 0 saturated carbocycles. The molecule has 0 unspecified atom stereocenters. The molecule has 0 aromatic heterocycles. The molecule has 1 fully saturated rings. The largest absolute Gasteiger partial charge is 0.497 e. The van der Waals surface area contributed by atoms with E-state index in [4.69, 9.17) is 9.84 Å². The van der Waals surface area contributed by atoms with Gasteiger partial charge in [-0.3, -0.25) is 4.79 Å². The fourth-order valence-electron chi connectivity index (χ4n) is 2.82. The number of nitrogens with zero attached hydrogens (tertiary/aromatic N) is 1. The summed E-state index contributed by atoms with van der Waals surface area (Å²) in [5.41, 5.74) is 1.29. The molecule has 1 heterocycles. The summed E-state index contributed by atoms with van der Waals surface area (Å²) < 4.78 is 5.16. The number of hydrogen-bond acceptors (Lipinski definition) is 3.